The zero-order valence-corrected chi connectivity index (χ0v) is 10.4. The molecule has 0 amide bonds. The quantitative estimate of drug-likeness (QED) is 0.741. The van der Waals surface area contributed by atoms with Crippen LogP contribution in [0.1, 0.15) is 0 Å². The minimum Gasteiger partial charge on any atom is -0.383 e. The van der Waals surface area contributed by atoms with Gasteiger partial charge in [0, 0.05) is 32.3 Å². The summed E-state index contributed by atoms with van der Waals surface area (Å²) in [7, 11) is 1.59. The molecule has 1 rings (SSSR count). The largest absolute Gasteiger partial charge is 0.383 e. The highest BCUT2D eigenvalue weighted by molar-refractivity contribution is 6.30. The van der Waals surface area contributed by atoms with Gasteiger partial charge in [-0.05, 0) is 6.07 Å². The molecule has 0 fully saturated rings. The number of ether oxygens (including phenoxy) is 1. The molecule has 3 nitrogen and oxygen atoms in total. The lowest BCUT2D eigenvalue weighted by Gasteiger charge is -2.22. The molecule has 0 saturated carbocycles. The van der Waals surface area contributed by atoms with Crippen LogP contribution in [0.3, 0.4) is 0 Å². The molecule has 90 valence electrons. The van der Waals surface area contributed by atoms with Crippen LogP contribution in [0.15, 0.2) is 12.3 Å². The predicted molar refractivity (Wildman–Crippen MR) is 64.0 cm³/mol. The van der Waals surface area contributed by atoms with Crippen molar-refractivity contribution in [3.63, 3.8) is 0 Å². The van der Waals surface area contributed by atoms with Crippen molar-refractivity contribution in [3.05, 3.63) is 23.1 Å². The number of aromatic nitrogens is 1. The molecule has 0 aliphatic carbocycles. The van der Waals surface area contributed by atoms with Crippen molar-refractivity contribution in [2.75, 3.05) is 37.6 Å². The van der Waals surface area contributed by atoms with Gasteiger partial charge >= 0.3 is 0 Å². The van der Waals surface area contributed by atoms with Gasteiger partial charge in [0.15, 0.2) is 11.6 Å². The van der Waals surface area contributed by atoms with E-state index < -0.39 is 5.82 Å². The van der Waals surface area contributed by atoms with Gasteiger partial charge in [-0.3, -0.25) is 0 Å². The fourth-order valence-electron chi connectivity index (χ4n) is 1.27. The smallest absolute Gasteiger partial charge is 0.167 e. The van der Waals surface area contributed by atoms with E-state index in [1.54, 1.807) is 12.0 Å². The maximum atomic E-state index is 13.6. The number of rotatable bonds is 6. The number of nitrogens with zero attached hydrogens (tertiary/aromatic N) is 2. The first-order valence-electron chi connectivity index (χ1n) is 4.80. The van der Waals surface area contributed by atoms with E-state index in [2.05, 4.69) is 4.98 Å². The molecule has 0 aromatic carbocycles. The Morgan fingerprint density at radius 2 is 2.25 bits per heavy atom. The second kappa shape index (κ2) is 6.89. The van der Waals surface area contributed by atoms with Crippen LogP contribution >= 0.6 is 23.2 Å². The number of hydrogen-bond donors (Lipinski definition) is 0. The van der Waals surface area contributed by atoms with Gasteiger partial charge in [-0.1, -0.05) is 11.6 Å². The summed E-state index contributed by atoms with van der Waals surface area (Å²) in [6, 6.07) is 1.23. The molecule has 0 aliphatic rings. The Bertz CT molecular complexity index is 339. The fraction of sp³-hybridized carbons (Fsp3) is 0.500. The highest BCUT2D eigenvalue weighted by Crippen LogP contribution is 2.19. The third kappa shape index (κ3) is 3.77. The van der Waals surface area contributed by atoms with E-state index in [1.165, 1.54) is 12.3 Å². The van der Waals surface area contributed by atoms with E-state index in [1.807, 2.05) is 0 Å². The van der Waals surface area contributed by atoms with Crippen molar-refractivity contribution in [1.82, 2.24) is 4.98 Å². The van der Waals surface area contributed by atoms with Crippen LogP contribution in [0.4, 0.5) is 10.2 Å². The average molecular weight is 267 g/mol. The highest BCUT2D eigenvalue weighted by Gasteiger charge is 2.12. The van der Waals surface area contributed by atoms with Gasteiger partial charge < -0.3 is 9.64 Å². The van der Waals surface area contributed by atoms with Crippen LogP contribution in [0.25, 0.3) is 0 Å². The van der Waals surface area contributed by atoms with Gasteiger partial charge in [-0.25, -0.2) is 9.37 Å². The Hall–Kier alpha value is -0.580. The molecule has 0 radical (unpaired) electrons. The van der Waals surface area contributed by atoms with Gasteiger partial charge in [0.1, 0.15) is 0 Å². The number of methoxy groups -OCH3 is 1. The summed E-state index contributed by atoms with van der Waals surface area (Å²) in [6.45, 7) is 1.53. The Labute approximate surface area is 104 Å². The van der Waals surface area contributed by atoms with Crippen molar-refractivity contribution in [1.29, 1.82) is 0 Å². The summed E-state index contributed by atoms with van der Waals surface area (Å²) in [5, 5.41) is 0.277. The summed E-state index contributed by atoms with van der Waals surface area (Å²) in [5.74, 6) is 0.198. The van der Waals surface area contributed by atoms with E-state index in [4.69, 9.17) is 27.9 Å². The molecular weight excluding hydrogens is 254 g/mol. The van der Waals surface area contributed by atoms with E-state index in [0.717, 1.165) is 0 Å². The van der Waals surface area contributed by atoms with Crippen LogP contribution in [0.5, 0.6) is 0 Å². The molecule has 0 bridgehead atoms. The highest BCUT2D eigenvalue weighted by atomic mass is 35.5. The van der Waals surface area contributed by atoms with Crippen LogP contribution in [0, 0.1) is 5.82 Å². The minimum absolute atomic E-state index is 0.252. The van der Waals surface area contributed by atoms with Crippen molar-refractivity contribution in [2.24, 2.45) is 0 Å². The first kappa shape index (κ1) is 13.5. The first-order chi connectivity index (χ1) is 7.69. The molecule has 0 saturated heterocycles. The standard InChI is InChI=1S/C10H13Cl2FN2O/c1-16-5-4-15(3-2-11)10-9(13)6-8(12)7-14-10/h6-7H,2-5H2,1H3. The van der Waals surface area contributed by atoms with Gasteiger partial charge in [-0.15, -0.1) is 11.6 Å². The zero-order chi connectivity index (χ0) is 12.0. The third-order valence-corrected chi connectivity index (χ3v) is 2.38. The molecule has 6 heteroatoms. The van der Waals surface area contributed by atoms with E-state index in [9.17, 15) is 4.39 Å². The minimum atomic E-state index is -0.450. The summed E-state index contributed by atoms with van der Waals surface area (Å²) in [4.78, 5) is 5.68. The average Bonchev–Trinajstić information content (AvgIpc) is 2.25. The number of halogens is 3. The van der Waals surface area contributed by atoms with Crippen molar-refractivity contribution < 1.29 is 9.13 Å². The van der Waals surface area contributed by atoms with Crippen LogP contribution in [0.2, 0.25) is 5.02 Å². The molecule has 0 aliphatic heterocycles. The molecule has 1 heterocycles. The predicted octanol–water partition coefficient (Wildman–Crippen LogP) is 2.57. The van der Waals surface area contributed by atoms with E-state index >= 15 is 0 Å². The van der Waals surface area contributed by atoms with Crippen LogP contribution in [-0.4, -0.2) is 37.7 Å². The van der Waals surface area contributed by atoms with Crippen molar-refractivity contribution in [3.8, 4) is 0 Å². The second-order valence-corrected chi connectivity index (χ2v) is 3.94. The molecule has 1 aromatic rings. The molecule has 0 unspecified atom stereocenters. The Kier molecular flexibility index (Phi) is 5.80. The Morgan fingerprint density at radius 3 is 2.81 bits per heavy atom. The Morgan fingerprint density at radius 1 is 1.50 bits per heavy atom. The topological polar surface area (TPSA) is 25.4 Å². The van der Waals surface area contributed by atoms with Gasteiger partial charge in [-0.2, -0.15) is 0 Å². The maximum Gasteiger partial charge on any atom is 0.167 e. The Balaban J connectivity index is 2.82. The SMILES string of the molecule is COCCN(CCCl)c1ncc(Cl)cc1F. The molecule has 0 N–H and O–H groups in total. The van der Waals surface area contributed by atoms with Crippen molar-refractivity contribution >= 4 is 29.0 Å². The number of alkyl halides is 1. The monoisotopic (exact) mass is 266 g/mol. The summed E-state index contributed by atoms with van der Waals surface area (Å²) in [5.41, 5.74) is 0. The molecule has 0 atom stereocenters. The zero-order valence-electron chi connectivity index (χ0n) is 8.92. The lowest BCUT2D eigenvalue weighted by Crippen LogP contribution is -2.30. The maximum absolute atomic E-state index is 13.6. The van der Waals surface area contributed by atoms with E-state index in [-0.39, 0.29) is 10.8 Å². The lowest BCUT2D eigenvalue weighted by molar-refractivity contribution is 0.205. The first-order valence-corrected chi connectivity index (χ1v) is 5.71. The molecule has 1 aromatic heterocycles. The lowest BCUT2D eigenvalue weighted by atomic mass is 10.4. The van der Waals surface area contributed by atoms with Crippen LogP contribution < -0.4 is 4.90 Å². The second-order valence-electron chi connectivity index (χ2n) is 3.13. The summed E-state index contributed by atoms with van der Waals surface area (Å²) < 4.78 is 18.5. The van der Waals surface area contributed by atoms with Gasteiger partial charge in [0.2, 0.25) is 0 Å². The molecule has 0 spiro atoms. The molecule has 16 heavy (non-hydrogen) atoms. The van der Waals surface area contributed by atoms with E-state index in [0.29, 0.717) is 25.6 Å². The summed E-state index contributed by atoms with van der Waals surface area (Å²) in [6.07, 6.45) is 1.41. The summed E-state index contributed by atoms with van der Waals surface area (Å²) >= 11 is 11.3. The number of hydrogen-bond acceptors (Lipinski definition) is 3. The third-order valence-electron chi connectivity index (χ3n) is 2.01. The number of anilines is 1. The normalized spacial score (nSPS) is 10.5. The van der Waals surface area contributed by atoms with Crippen molar-refractivity contribution in [2.45, 2.75) is 0 Å². The van der Waals surface area contributed by atoms with Crippen LogP contribution in [-0.2, 0) is 4.74 Å². The van der Waals surface area contributed by atoms with Gasteiger partial charge in [0.05, 0.1) is 11.6 Å². The fourth-order valence-corrected chi connectivity index (χ4v) is 1.62. The molecular formula is C10H13Cl2FN2O. The van der Waals surface area contributed by atoms with Gasteiger partial charge in [0.25, 0.3) is 0 Å². The number of pyridine rings is 1.